The third kappa shape index (κ3) is 4.71. The van der Waals surface area contributed by atoms with Crippen LogP contribution < -0.4 is 0 Å². The number of hydrogen-bond acceptors (Lipinski definition) is 5. The predicted molar refractivity (Wildman–Crippen MR) is 95.8 cm³/mol. The molecule has 0 amide bonds. The number of hydrogen-bond donors (Lipinski definition) is 0. The summed E-state index contributed by atoms with van der Waals surface area (Å²) >= 11 is 0. The Morgan fingerprint density at radius 1 is 1.16 bits per heavy atom. The van der Waals surface area contributed by atoms with Crippen molar-refractivity contribution in [1.82, 2.24) is 0 Å². The van der Waals surface area contributed by atoms with Crippen LogP contribution in [0.2, 0.25) is 0 Å². The lowest BCUT2D eigenvalue weighted by molar-refractivity contribution is -0.161. The van der Waals surface area contributed by atoms with Crippen LogP contribution in [0.1, 0.15) is 67.7 Å². The molecular formula is C20H32O5. The average molecular weight is 352 g/mol. The number of Topliss-reactive ketones (excluding diaryl/α,β-unsaturated/α-hetero) is 2. The molecule has 0 aromatic heterocycles. The molecule has 1 heterocycles. The summed E-state index contributed by atoms with van der Waals surface area (Å²) in [6.07, 6.45) is 0.253. The van der Waals surface area contributed by atoms with Gasteiger partial charge in [-0.15, -0.1) is 0 Å². The zero-order chi connectivity index (χ0) is 19.3. The zero-order valence-corrected chi connectivity index (χ0v) is 16.5. The molecule has 0 aromatic carbocycles. The number of esters is 1. The van der Waals surface area contributed by atoms with Crippen LogP contribution in [0, 0.1) is 17.8 Å². The third-order valence-corrected chi connectivity index (χ3v) is 5.24. The normalized spacial score (nSPS) is 24.4. The second kappa shape index (κ2) is 9.16. The highest BCUT2D eigenvalue weighted by molar-refractivity contribution is 5.98. The van der Waals surface area contributed by atoms with Crippen molar-refractivity contribution in [3.63, 3.8) is 0 Å². The summed E-state index contributed by atoms with van der Waals surface area (Å²) in [6, 6.07) is 0. The highest BCUT2D eigenvalue weighted by Crippen LogP contribution is 2.35. The Hall–Kier alpha value is -1.65. The van der Waals surface area contributed by atoms with Gasteiger partial charge in [-0.1, -0.05) is 41.5 Å². The Labute approximate surface area is 151 Å². The molecular weight excluding hydrogens is 320 g/mol. The second-order valence-electron chi connectivity index (χ2n) is 6.91. The monoisotopic (exact) mass is 352 g/mol. The molecule has 0 N–H and O–H groups in total. The molecule has 4 unspecified atom stereocenters. The summed E-state index contributed by atoms with van der Waals surface area (Å²) in [5, 5.41) is 0. The first-order valence-corrected chi connectivity index (χ1v) is 9.32. The first-order valence-electron chi connectivity index (χ1n) is 9.32. The van der Waals surface area contributed by atoms with Gasteiger partial charge < -0.3 is 9.47 Å². The fourth-order valence-electron chi connectivity index (χ4n) is 3.49. The highest BCUT2D eigenvalue weighted by Gasteiger charge is 2.43. The standard InChI is InChI=1S/C20H32O5/c1-8-15(21)11(4)19(25-17(22)10-3)14(7)20-13(6)18(23)12(5)16(9-2)24-20/h11,13-14,19-20H,8-10H2,1-7H3/t11?,13-,14?,19?,20?/m0/s1. The maximum Gasteiger partial charge on any atom is 0.305 e. The molecule has 1 aliphatic rings. The van der Waals surface area contributed by atoms with E-state index in [1.807, 2.05) is 20.8 Å². The Bertz CT molecular complexity index is 548. The predicted octanol–water partition coefficient (Wildman–Crippen LogP) is 3.85. The first kappa shape index (κ1) is 21.4. The lowest BCUT2D eigenvalue weighted by Crippen LogP contribution is -2.47. The highest BCUT2D eigenvalue weighted by atomic mass is 16.5. The quantitative estimate of drug-likeness (QED) is 0.621. The largest absolute Gasteiger partial charge is 0.493 e. The lowest BCUT2D eigenvalue weighted by atomic mass is 9.78. The van der Waals surface area contributed by atoms with Crippen LogP contribution in [0.3, 0.4) is 0 Å². The molecule has 5 heteroatoms. The summed E-state index contributed by atoms with van der Waals surface area (Å²) < 4.78 is 11.7. The molecule has 0 aromatic rings. The smallest absolute Gasteiger partial charge is 0.305 e. The van der Waals surface area contributed by atoms with Crippen molar-refractivity contribution < 1.29 is 23.9 Å². The molecule has 142 valence electrons. The number of ketones is 2. The molecule has 1 aliphatic heterocycles. The Morgan fingerprint density at radius 3 is 2.24 bits per heavy atom. The lowest BCUT2D eigenvalue weighted by Gasteiger charge is -2.39. The van der Waals surface area contributed by atoms with E-state index in [1.165, 1.54) is 0 Å². The molecule has 1 rings (SSSR count). The van der Waals surface area contributed by atoms with Crippen molar-refractivity contribution in [2.45, 2.75) is 79.9 Å². The maximum absolute atomic E-state index is 12.6. The van der Waals surface area contributed by atoms with Crippen LogP contribution in [-0.2, 0) is 23.9 Å². The van der Waals surface area contributed by atoms with Crippen molar-refractivity contribution >= 4 is 17.5 Å². The second-order valence-corrected chi connectivity index (χ2v) is 6.91. The topological polar surface area (TPSA) is 69.7 Å². The SMILES string of the molecule is CCC(=O)OC(C(C)C(=O)CC)C(C)C1OC(CC)=C(C)C(=O)[C@@H]1C. The van der Waals surface area contributed by atoms with Crippen molar-refractivity contribution in [1.29, 1.82) is 0 Å². The van der Waals surface area contributed by atoms with Crippen molar-refractivity contribution in [3.05, 3.63) is 11.3 Å². The Balaban J connectivity index is 3.15. The van der Waals surface area contributed by atoms with Crippen molar-refractivity contribution in [2.75, 3.05) is 0 Å². The molecule has 5 atom stereocenters. The van der Waals surface area contributed by atoms with Crippen LogP contribution in [0.15, 0.2) is 11.3 Å². The van der Waals surface area contributed by atoms with Gasteiger partial charge in [0.25, 0.3) is 0 Å². The summed E-state index contributed by atoms with van der Waals surface area (Å²) in [6.45, 7) is 12.8. The van der Waals surface area contributed by atoms with Gasteiger partial charge in [0.05, 0.1) is 11.8 Å². The van der Waals surface area contributed by atoms with E-state index in [9.17, 15) is 14.4 Å². The Kier molecular flexibility index (Phi) is 7.84. The molecule has 5 nitrogen and oxygen atoms in total. The van der Waals surface area contributed by atoms with Gasteiger partial charge in [0.1, 0.15) is 23.8 Å². The summed E-state index contributed by atoms with van der Waals surface area (Å²) in [7, 11) is 0. The van der Waals surface area contributed by atoms with Gasteiger partial charge in [-0.25, -0.2) is 0 Å². The molecule has 0 aliphatic carbocycles. The molecule has 0 saturated heterocycles. The van der Waals surface area contributed by atoms with Gasteiger partial charge in [-0.3, -0.25) is 14.4 Å². The fourth-order valence-corrected chi connectivity index (χ4v) is 3.49. The molecule has 0 radical (unpaired) electrons. The van der Waals surface area contributed by atoms with Crippen LogP contribution in [0.25, 0.3) is 0 Å². The van der Waals surface area contributed by atoms with Crippen LogP contribution in [0.5, 0.6) is 0 Å². The van der Waals surface area contributed by atoms with E-state index < -0.39 is 18.1 Å². The van der Waals surface area contributed by atoms with Gasteiger partial charge in [-0.05, 0) is 6.92 Å². The minimum Gasteiger partial charge on any atom is -0.493 e. The summed E-state index contributed by atoms with van der Waals surface area (Å²) in [5.74, 6) is -0.585. The number of ether oxygens (including phenoxy) is 2. The number of carbonyl (C=O) groups is 3. The number of rotatable bonds is 8. The molecule has 0 saturated carbocycles. The van der Waals surface area contributed by atoms with E-state index in [1.54, 1.807) is 27.7 Å². The average Bonchev–Trinajstić information content (AvgIpc) is 2.62. The van der Waals surface area contributed by atoms with Gasteiger partial charge in [0.2, 0.25) is 0 Å². The molecule has 0 spiro atoms. The van der Waals surface area contributed by atoms with E-state index in [0.717, 1.165) is 0 Å². The van der Waals surface area contributed by atoms with Crippen molar-refractivity contribution in [3.8, 4) is 0 Å². The minimum atomic E-state index is -0.600. The van der Waals surface area contributed by atoms with Gasteiger partial charge in [-0.2, -0.15) is 0 Å². The first-order chi connectivity index (χ1) is 11.7. The third-order valence-electron chi connectivity index (χ3n) is 5.24. The molecule has 0 fully saturated rings. The van der Waals surface area contributed by atoms with Crippen molar-refractivity contribution in [2.24, 2.45) is 17.8 Å². The summed E-state index contributed by atoms with van der Waals surface area (Å²) in [4.78, 5) is 36.7. The van der Waals surface area contributed by atoms with Gasteiger partial charge >= 0.3 is 5.97 Å². The minimum absolute atomic E-state index is 0.0398. The zero-order valence-electron chi connectivity index (χ0n) is 16.5. The van der Waals surface area contributed by atoms with E-state index in [-0.39, 0.29) is 35.8 Å². The van der Waals surface area contributed by atoms with Gasteiger partial charge in [0, 0.05) is 30.8 Å². The molecule has 25 heavy (non-hydrogen) atoms. The Morgan fingerprint density at radius 2 is 1.76 bits per heavy atom. The van der Waals surface area contributed by atoms with E-state index in [0.29, 0.717) is 24.2 Å². The number of allylic oxidation sites excluding steroid dienone is 2. The molecule has 0 bridgehead atoms. The number of carbonyl (C=O) groups excluding carboxylic acids is 3. The van der Waals surface area contributed by atoms with E-state index in [2.05, 4.69) is 0 Å². The summed E-state index contributed by atoms with van der Waals surface area (Å²) in [5.41, 5.74) is 0.665. The maximum atomic E-state index is 12.6. The van der Waals surface area contributed by atoms with Crippen LogP contribution in [0.4, 0.5) is 0 Å². The van der Waals surface area contributed by atoms with Crippen LogP contribution in [-0.4, -0.2) is 29.7 Å². The van der Waals surface area contributed by atoms with Gasteiger partial charge in [0.15, 0.2) is 5.78 Å². The van der Waals surface area contributed by atoms with E-state index in [4.69, 9.17) is 9.47 Å². The van der Waals surface area contributed by atoms with Crippen LogP contribution >= 0.6 is 0 Å². The fraction of sp³-hybridized carbons (Fsp3) is 0.750. The van der Waals surface area contributed by atoms with E-state index >= 15 is 0 Å².